The van der Waals surface area contributed by atoms with Crippen molar-refractivity contribution >= 4 is 5.91 Å². The van der Waals surface area contributed by atoms with Crippen molar-refractivity contribution in [3.05, 3.63) is 54.3 Å². The number of nitrogens with zero attached hydrogens (tertiary/aromatic N) is 4. The van der Waals surface area contributed by atoms with Crippen LogP contribution in [0, 0.1) is 5.82 Å². The molecule has 3 rings (SSSR count). The van der Waals surface area contributed by atoms with Crippen molar-refractivity contribution < 1.29 is 18.4 Å². The molecule has 128 valence electrons. The van der Waals surface area contributed by atoms with Crippen molar-refractivity contribution in [2.45, 2.75) is 6.42 Å². The molecule has 0 saturated heterocycles. The predicted octanol–water partition coefficient (Wildman–Crippen LogP) is 2.69. The zero-order chi connectivity index (χ0) is 17.8. The van der Waals surface area contributed by atoms with Gasteiger partial charge in [-0.05, 0) is 30.3 Å². The van der Waals surface area contributed by atoms with Gasteiger partial charge in [0.05, 0.1) is 0 Å². The number of hydrogen-bond acceptors (Lipinski definition) is 6. The first kappa shape index (κ1) is 16.6. The van der Waals surface area contributed by atoms with E-state index in [0.717, 1.165) is 0 Å². The fraction of sp³-hybridized carbons (Fsp3) is 0.176. The minimum Gasteiger partial charge on any atom is -0.439 e. The summed E-state index contributed by atoms with van der Waals surface area (Å²) in [5.74, 6) is 0.933. The third kappa shape index (κ3) is 4.17. The fourth-order valence-electron chi connectivity index (χ4n) is 1.93. The topological polar surface area (TPSA) is 81.4 Å². The van der Waals surface area contributed by atoms with Crippen LogP contribution in [0.2, 0.25) is 0 Å². The SMILES string of the molecule is CN(C)C(=O)Cc1nc(-c2ccc(Oc3ccc(F)cc3)nc2)no1. The summed E-state index contributed by atoms with van der Waals surface area (Å²) in [6.07, 6.45) is 1.57. The Balaban J connectivity index is 1.69. The van der Waals surface area contributed by atoms with Gasteiger partial charge < -0.3 is 14.2 Å². The lowest BCUT2D eigenvalue weighted by molar-refractivity contribution is -0.128. The van der Waals surface area contributed by atoms with Crippen molar-refractivity contribution in [1.82, 2.24) is 20.0 Å². The van der Waals surface area contributed by atoms with Gasteiger partial charge in [-0.15, -0.1) is 0 Å². The molecule has 8 heteroatoms. The molecule has 0 fully saturated rings. The van der Waals surface area contributed by atoms with Crippen molar-refractivity contribution in [3.8, 4) is 23.0 Å². The first-order valence-corrected chi connectivity index (χ1v) is 7.44. The van der Waals surface area contributed by atoms with Gasteiger partial charge in [-0.3, -0.25) is 4.79 Å². The van der Waals surface area contributed by atoms with Gasteiger partial charge >= 0.3 is 0 Å². The summed E-state index contributed by atoms with van der Waals surface area (Å²) in [7, 11) is 3.31. The number of likely N-dealkylation sites (N-methyl/N-ethyl adjacent to an activating group) is 1. The average Bonchev–Trinajstić information content (AvgIpc) is 3.06. The summed E-state index contributed by atoms with van der Waals surface area (Å²) in [5.41, 5.74) is 0.624. The quantitative estimate of drug-likeness (QED) is 0.709. The van der Waals surface area contributed by atoms with Gasteiger partial charge in [0.15, 0.2) is 0 Å². The Hall–Kier alpha value is -3.29. The van der Waals surface area contributed by atoms with Crippen LogP contribution in [0.15, 0.2) is 47.1 Å². The minimum absolute atomic E-state index is 0.0409. The van der Waals surface area contributed by atoms with E-state index in [-0.39, 0.29) is 24.0 Å². The van der Waals surface area contributed by atoms with Crippen molar-refractivity contribution in [3.63, 3.8) is 0 Å². The highest BCUT2D eigenvalue weighted by molar-refractivity contribution is 5.77. The molecular weight excluding hydrogens is 327 g/mol. The molecule has 0 radical (unpaired) electrons. The lowest BCUT2D eigenvalue weighted by atomic mass is 10.2. The first-order chi connectivity index (χ1) is 12.0. The molecule has 0 atom stereocenters. The van der Waals surface area contributed by atoms with Gasteiger partial charge in [0, 0.05) is 31.9 Å². The molecular formula is C17H15FN4O3. The third-order valence-electron chi connectivity index (χ3n) is 3.30. The number of ether oxygens (including phenoxy) is 1. The van der Waals surface area contributed by atoms with E-state index in [4.69, 9.17) is 9.26 Å². The van der Waals surface area contributed by atoms with Gasteiger partial charge in [-0.1, -0.05) is 5.16 Å². The molecule has 7 nitrogen and oxygen atoms in total. The molecule has 0 N–H and O–H groups in total. The predicted molar refractivity (Wildman–Crippen MR) is 86.4 cm³/mol. The second-order valence-corrected chi connectivity index (χ2v) is 5.42. The summed E-state index contributed by atoms with van der Waals surface area (Å²) in [5, 5.41) is 3.84. The van der Waals surface area contributed by atoms with E-state index in [9.17, 15) is 9.18 Å². The molecule has 0 spiro atoms. The number of aromatic nitrogens is 3. The van der Waals surface area contributed by atoms with E-state index in [0.29, 0.717) is 23.0 Å². The second kappa shape index (κ2) is 7.08. The smallest absolute Gasteiger partial charge is 0.236 e. The Morgan fingerprint density at radius 1 is 1.20 bits per heavy atom. The average molecular weight is 342 g/mol. The minimum atomic E-state index is -0.337. The van der Waals surface area contributed by atoms with Gasteiger partial charge in [-0.25, -0.2) is 9.37 Å². The lowest BCUT2D eigenvalue weighted by Crippen LogP contribution is -2.23. The van der Waals surface area contributed by atoms with Gasteiger partial charge in [-0.2, -0.15) is 4.98 Å². The van der Waals surface area contributed by atoms with E-state index < -0.39 is 0 Å². The summed E-state index contributed by atoms with van der Waals surface area (Å²) in [6.45, 7) is 0. The van der Waals surface area contributed by atoms with Gasteiger partial charge in [0.25, 0.3) is 0 Å². The summed E-state index contributed by atoms with van der Waals surface area (Å²) >= 11 is 0. The number of benzene rings is 1. The van der Waals surface area contributed by atoms with Crippen LogP contribution in [0.25, 0.3) is 11.4 Å². The Labute approximate surface area is 143 Å². The number of halogens is 1. The number of hydrogen-bond donors (Lipinski definition) is 0. The maximum Gasteiger partial charge on any atom is 0.236 e. The Bertz CT molecular complexity index is 860. The molecule has 0 aliphatic rings. The summed E-state index contributed by atoms with van der Waals surface area (Å²) < 4.78 is 23.5. The highest BCUT2D eigenvalue weighted by atomic mass is 19.1. The number of pyridine rings is 1. The van der Waals surface area contributed by atoms with Crippen LogP contribution in [-0.2, 0) is 11.2 Å². The highest BCUT2D eigenvalue weighted by Crippen LogP contribution is 2.22. The van der Waals surface area contributed by atoms with Crippen molar-refractivity contribution in [1.29, 1.82) is 0 Å². The Kier molecular flexibility index (Phi) is 4.69. The van der Waals surface area contributed by atoms with E-state index in [2.05, 4.69) is 15.1 Å². The molecule has 0 aliphatic carbocycles. The number of rotatable bonds is 5. The lowest BCUT2D eigenvalue weighted by Gasteiger charge is -2.06. The van der Waals surface area contributed by atoms with E-state index in [1.54, 1.807) is 26.2 Å². The normalized spacial score (nSPS) is 10.5. The molecule has 2 aromatic heterocycles. The molecule has 0 unspecified atom stereocenters. The maximum atomic E-state index is 12.9. The number of amides is 1. The summed E-state index contributed by atoms with van der Waals surface area (Å²) in [6, 6.07) is 8.99. The van der Waals surface area contributed by atoms with Crippen LogP contribution >= 0.6 is 0 Å². The molecule has 3 aromatic rings. The second-order valence-electron chi connectivity index (χ2n) is 5.42. The third-order valence-corrected chi connectivity index (χ3v) is 3.30. The van der Waals surface area contributed by atoms with Crippen molar-refractivity contribution in [2.24, 2.45) is 0 Å². The monoisotopic (exact) mass is 342 g/mol. The van der Waals surface area contributed by atoms with Gasteiger partial charge in [0.2, 0.25) is 23.5 Å². The molecule has 0 aliphatic heterocycles. The Morgan fingerprint density at radius 2 is 1.96 bits per heavy atom. The zero-order valence-corrected chi connectivity index (χ0v) is 13.6. The van der Waals surface area contributed by atoms with E-state index in [1.165, 1.54) is 35.4 Å². The largest absolute Gasteiger partial charge is 0.439 e. The molecule has 2 heterocycles. The summed E-state index contributed by atoms with van der Waals surface area (Å²) in [4.78, 5) is 21.4. The van der Waals surface area contributed by atoms with Crippen LogP contribution in [0.3, 0.4) is 0 Å². The standard InChI is InChI=1S/C17H15FN4O3/c1-22(2)16(23)9-15-20-17(21-25-15)11-3-8-14(19-10-11)24-13-6-4-12(18)5-7-13/h3-8,10H,9H2,1-2H3. The van der Waals surface area contributed by atoms with Crippen LogP contribution in [0.1, 0.15) is 5.89 Å². The molecule has 25 heavy (non-hydrogen) atoms. The first-order valence-electron chi connectivity index (χ1n) is 7.44. The van der Waals surface area contributed by atoms with E-state index >= 15 is 0 Å². The fourth-order valence-corrected chi connectivity index (χ4v) is 1.93. The highest BCUT2D eigenvalue weighted by Gasteiger charge is 2.14. The molecule has 0 saturated carbocycles. The molecule has 0 bridgehead atoms. The van der Waals surface area contributed by atoms with Crippen LogP contribution in [-0.4, -0.2) is 40.0 Å². The number of carbonyl (C=O) groups is 1. The van der Waals surface area contributed by atoms with E-state index in [1.807, 2.05) is 0 Å². The van der Waals surface area contributed by atoms with Crippen molar-refractivity contribution in [2.75, 3.05) is 14.1 Å². The van der Waals surface area contributed by atoms with Crippen LogP contribution in [0.4, 0.5) is 4.39 Å². The molecule has 1 amide bonds. The van der Waals surface area contributed by atoms with Crippen LogP contribution in [0.5, 0.6) is 11.6 Å². The van der Waals surface area contributed by atoms with Crippen LogP contribution < -0.4 is 4.74 Å². The molecule has 1 aromatic carbocycles. The zero-order valence-electron chi connectivity index (χ0n) is 13.6. The number of carbonyl (C=O) groups excluding carboxylic acids is 1. The maximum absolute atomic E-state index is 12.9. The Morgan fingerprint density at radius 3 is 2.60 bits per heavy atom. The van der Waals surface area contributed by atoms with Gasteiger partial charge in [0.1, 0.15) is 18.0 Å².